The number of rotatable bonds is 20. The standard InChI is InChI=1S/C52H62N3O8PSi/c1-37(2)55(38(3)4)64(61-32-33-65(8,45-20-14-10-15-21-45)46-22-16-11-17-23-46)63-47-34-49(54-35-39(5)50(56)53-51(54)57)62-48(47)36-60-52(40-18-12-9-13-19-40,41-24-28-43(58-6)29-25-41)42-26-30-44(59-7)31-27-42/h9-31,35,37-38,47-49H,32-34,36H2,1-8H3,(H,53,56,57). The number of methoxy groups -OCH3 is 2. The van der Waals surface area contributed by atoms with Gasteiger partial charge in [0.2, 0.25) is 0 Å². The number of hydrogen-bond donors (Lipinski definition) is 1. The number of aryl methyl sites for hydroxylation is 1. The molecule has 1 aliphatic rings. The summed E-state index contributed by atoms with van der Waals surface area (Å²) in [6.07, 6.45) is -0.170. The van der Waals surface area contributed by atoms with Crippen molar-refractivity contribution in [2.24, 2.45) is 0 Å². The number of ether oxygens (including phenoxy) is 4. The van der Waals surface area contributed by atoms with E-state index < -0.39 is 51.9 Å². The molecule has 7 rings (SSSR count). The SMILES string of the molecule is COc1ccc(C(OCC2OC(n3cc(C)c(=O)[nH]c3=O)CC2OP(OCC[Si](C)(c2ccccc2)c2ccccc2)N(C(C)C)C(C)C)(c2ccccc2)c2ccc(OC)cc2)cc1. The van der Waals surface area contributed by atoms with Gasteiger partial charge in [-0.25, -0.2) is 9.46 Å². The lowest BCUT2D eigenvalue weighted by Gasteiger charge is -2.39. The van der Waals surface area contributed by atoms with Gasteiger partial charge in [-0.05, 0) is 81.6 Å². The second-order valence-corrected chi connectivity index (χ2v) is 23.0. The highest BCUT2D eigenvalue weighted by atomic mass is 31.2. The zero-order valence-corrected chi connectivity index (χ0v) is 40.6. The lowest BCUT2D eigenvalue weighted by Crippen LogP contribution is -2.56. The van der Waals surface area contributed by atoms with Crippen molar-refractivity contribution in [1.82, 2.24) is 14.2 Å². The Morgan fingerprint density at radius 1 is 0.754 bits per heavy atom. The van der Waals surface area contributed by atoms with Crippen molar-refractivity contribution in [2.75, 3.05) is 27.4 Å². The van der Waals surface area contributed by atoms with Crippen molar-refractivity contribution in [1.29, 1.82) is 0 Å². The molecule has 1 fully saturated rings. The lowest BCUT2D eigenvalue weighted by atomic mass is 9.80. The molecule has 0 saturated carbocycles. The molecule has 342 valence electrons. The number of aromatic nitrogens is 2. The Morgan fingerprint density at radius 2 is 1.25 bits per heavy atom. The second kappa shape index (κ2) is 21.4. The molecule has 2 heterocycles. The predicted octanol–water partition coefficient (Wildman–Crippen LogP) is 8.80. The van der Waals surface area contributed by atoms with Gasteiger partial charge in [0, 0.05) is 30.3 Å². The molecular weight excluding hydrogens is 854 g/mol. The molecular formula is C52H62N3O8PSi. The van der Waals surface area contributed by atoms with Gasteiger partial charge in [-0.2, -0.15) is 0 Å². The first kappa shape index (κ1) is 47.8. The van der Waals surface area contributed by atoms with Gasteiger partial charge in [-0.3, -0.25) is 14.3 Å². The maximum atomic E-state index is 13.5. The number of benzene rings is 5. The summed E-state index contributed by atoms with van der Waals surface area (Å²) in [6.45, 7) is 13.2. The Hall–Kier alpha value is -5.17. The number of H-pyrrole nitrogens is 1. The summed E-state index contributed by atoms with van der Waals surface area (Å²) in [5.41, 5.74) is 0.903. The Balaban J connectivity index is 1.27. The quantitative estimate of drug-likeness (QED) is 0.0456. The zero-order valence-electron chi connectivity index (χ0n) is 38.7. The highest BCUT2D eigenvalue weighted by Crippen LogP contribution is 2.51. The minimum absolute atomic E-state index is 0.0603. The van der Waals surface area contributed by atoms with E-state index in [0.29, 0.717) is 30.1 Å². The van der Waals surface area contributed by atoms with E-state index in [1.807, 2.05) is 66.7 Å². The fourth-order valence-electron chi connectivity index (χ4n) is 8.85. The number of aromatic amines is 1. The van der Waals surface area contributed by atoms with Crippen LogP contribution in [0, 0.1) is 6.92 Å². The number of nitrogens with zero attached hydrogens (tertiary/aromatic N) is 2. The van der Waals surface area contributed by atoms with Gasteiger partial charge < -0.3 is 28.0 Å². The molecule has 1 aromatic heterocycles. The summed E-state index contributed by atoms with van der Waals surface area (Å²) in [6, 6.07) is 48.4. The third-order valence-corrected chi connectivity index (χ3v) is 18.9. The first-order chi connectivity index (χ1) is 31.4. The van der Waals surface area contributed by atoms with Crippen molar-refractivity contribution in [3.8, 4) is 11.5 Å². The average Bonchev–Trinajstić information content (AvgIpc) is 3.73. The van der Waals surface area contributed by atoms with Crippen LogP contribution in [0.5, 0.6) is 11.5 Å². The largest absolute Gasteiger partial charge is 0.497 e. The van der Waals surface area contributed by atoms with E-state index in [2.05, 4.69) is 117 Å². The van der Waals surface area contributed by atoms with Gasteiger partial charge in [-0.15, -0.1) is 0 Å². The summed E-state index contributed by atoms with van der Waals surface area (Å²) in [5.74, 6) is 1.43. The zero-order chi connectivity index (χ0) is 46.1. The topological polar surface area (TPSA) is 113 Å². The molecule has 4 unspecified atom stereocenters. The van der Waals surface area contributed by atoms with Crippen molar-refractivity contribution in [3.63, 3.8) is 0 Å². The lowest BCUT2D eigenvalue weighted by molar-refractivity contribution is -0.0925. The molecule has 5 aromatic carbocycles. The van der Waals surface area contributed by atoms with Crippen LogP contribution in [0.25, 0.3) is 0 Å². The van der Waals surface area contributed by atoms with Gasteiger partial charge >= 0.3 is 5.69 Å². The van der Waals surface area contributed by atoms with Gasteiger partial charge in [-0.1, -0.05) is 132 Å². The summed E-state index contributed by atoms with van der Waals surface area (Å²) in [4.78, 5) is 28.5. The molecule has 4 atom stereocenters. The molecule has 65 heavy (non-hydrogen) atoms. The van der Waals surface area contributed by atoms with E-state index in [9.17, 15) is 9.59 Å². The van der Waals surface area contributed by atoms with Crippen LogP contribution in [0.1, 0.15) is 62.6 Å². The molecule has 1 saturated heterocycles. The van der Waals surface area contributed by atoms with Crippen LogP contribution < -0.4 is 31.1 Å². The summed E-state index contributed by atoms with van der Waals surface area (Å²) in [5, 5.41) is 2.68. The molecule has 1 N–H and O–H groups in total. The summed E-state index contributed by atoms with van der Waals surface area (Å²) >= 11 is 0. The van der Waals surface area contributed by atoms with Crippen LogP contribution >= 0.6 is 8.53 Å². The molecule has 0 amide bonds. The highest BCUT2D eigenvalue weighted by Gasteiger charge is 2.45. The van der Waals surface area contributed by atoms with E-state index in [-0.39, 0.29) is 18.7 Å². The van der Waals surface area contributed by atoms with E-state index in [0.717, 1.165) is 22.7 Å². The number of nitrogens with one attached hydrogen (secondary N) is 1. The van der Waals surface area contributed by atoms with Gasteiger partial charge in [0.05, 0.1) is 33.5 Å². The molecule has 0 radical (unpaired) electrons. The van der Waals surface area contributed by atoms with Crippen LogP contribution in [0.2, 0.25) is 12.6 Å². The Bertz CT molecular complexity index is 2450. The van der Waals surface area contributed by atoms with E-state index in [4.69, 9.17) is 28.0 Å². The third kappa shape index (κ3) is 10.6. The Morgan fingerprint density at radius 3 is 1.74 bits per heavy atom. The molecule has 0 aliphatic carbocycles. The van der Waals surface area contributed by atoms with Crippen molar-refractivity contribution in [3.05, 3.63) is 189 Å². The minimum atomic E-state index is -2.25. The average molecular weight is 916 g/mol. The maximum Gasteiger partial charge on any atom is 0.330 e. The molecule has 6 aromatic rings. The molecule has 1 aliphatic heterocycles. The normalized spacial score (nSPS) is 17.2. The van der Waals surface area contributed by atoms with Gasteiger partial charge in [0.1, 0.15) is 37.5 Å². The Kier molecular flexibility index (Phi) is 15.7. The summed E-state index contributed by atoms with van der Waals surface area (Å²) in [7, 11) is -0.625. The third-order valence-electron chi connectivity index (χ3n) is 12.4. The maximum absolute atomic E-state index is 13.5. The Labute approximate surface area is 385 Å². The molecule has 13 heteroatoms. The van der Waals surface area contributed by atoms with E-state index >= 15 is 0 Å². The van der Waals surface area contributed by atoms with Crippen LogP contribution in [0.3, 0.4) is 0 Å². The van der Waals surface area contributed by atoms with E-state index in [1.54, 1.807) is 27.3 Å². The fourth-order valence-corrected chi connectivity index (χ4v) is 14.1. The van der Waals surface area contributed by atoms with Crippen LogP contribution in [0.4, 0.5) is 0 Å². The highest BCUT2D eigenvalue weighted by molar-refractivity contribution is 7.44. The summed E-state index contributed by atoms with van der Waals surface area (Å²) < 4.78 is 43.5. The van der Waals surface area contributed by atoms with Crippen molar-refractivity contribution in [2.45, 2.75) is 89.8 Å². The molecule has 11 nitrogen and oxygen atoms in total. The minimum Gasteiger partial charge on any atom is -0.497 e. The molecule has 0 bridgehead atoms. The van der Waals surface area contributed by atoms with Crippen LogP contribution in [-0.2, 0) is 24.1 Å². The van der Waals surface area contributed by atoms with Crippen LogP contribution in [-0.4, -0.2) is 74.0 Å². The first-order valence-corrected chi connectivity index (χ1v) is 26.2. The van der Waals surface area contributed by atoms with Gasteiger partial charge in [0.15, 0.2) is 0 Å². The van der Waals surface area contributed by atoms with Crippen molar-refractivity contribution >= 4 is 27.0 Å². The molecule has 0 spiro atoms. The number of hydrogen-bond acceptors (Lipinski definition) is 9. The van der Waals surface area contributed by atoms with E-state index in [1.165, 1.54) is 14.9 Å². The fraction of sp³-hybridized carbons (Fsp3) is 0.346. The first-order valence-electron chi connectivity index (χ1n) is 22.3. The van der Waals surface area contributed by atoms with Crippen molar-refractivity contribution < 1.29 is 28.0 Å². The smallest absolute Gasteiger partial charge is 0.330 e. The van der Waals surface area contributed by atoms with Crippen LogP contribution in [0.15, 0.2) is 155 Å². The predicted molar refractivity (Wildman–Crippen MR) is 261 cm³/mol. The second-order valence-electron chi connectivity index (χ2n) is 17.3. The van der Waals surface area contributed by atoms with Gasteiger partial charge in [0.25, 0.3) is 14.1 Å². The monoisotopic (exact) mass is 915 g/mol.